The van der Waals surface area contributed by atoms with Gasteiger partial charge in [0.1, 0.15) is 5.01 Å². The van der Waals surface area contributed by atoms with Gasteiger partial charge in [0.25, 0.3) is 0 Å². The highest BCUT2D eigenvalue weighted by Crippen LogP contribution is 2.29. The molecule has 0 aliphatic carbocycles. The maximum absolute atomic E-state index is 12.2. The van der Waals surface area contributed by atoms with Gasteiger partial charge < -0.3 is 14.8 Å². The molecule has 0 unspecified atom stereocenters. The van der Waals surface area contributed by atoms with E-state index in [0.717, 1.165) is 21.1 Å². The second-order valence-corrected chi connectivity index (χ2v) is 8.89. The van der Waals surface area contributed by atoms with E-state index in [4.69, 9.17) is 21.1 Å². The number of amides is 1. The van der Waals surface area contributed by atoms with Gasteiger partial charge in [-0.15, -0.1) is 11.3 Å². The molecule has 0 spiro atoms. The lowest BCUT2D eigenvalue weighted by atomic mass is 10.1. The van der Waals surface area contributed by atoms with Gasteiger partial charge >= 0.3 is 0 Å². The van der Waals surface area contributed by atoms with Gasteiger partial charge in [0, 0.05) is 27.4 Å². The summed E-state index contributed by atoms with van der Waals surface area (Å²) in [5.74, 6) is 0.944. The molecule has 0 aliphatic heterocycles. The minimum atomic E-state index is -0.0617. The minimum absolute atomic E-state index is 0.0396. The first kappa shape index (κ1) is 23.8. The number of hydrogen-bond acceptors (Lipinski definition) is 6. The number of carbonyl (C=O) groups excluding carboxylic acids is 2. The van der Waals surface area contributed by atoms with Crippen LogP contribution in [0.1, 0.15) is 40.0 Å². The summed E-state index contributed by atoms with van der Waals surface area (Å²) in [5, 5.41) is 4.45. The topological polar surface area (TPSA) is 77.5 Å². The molecule has 6 nitrogen and oxygen atoms in total. The molecule has 0 bridgehead atoms. The molecule has 0 fully saturated rings. The van der Waals surface area contributed by atoms with E-state index >= 15 is 0 Å². The Balaban J connectivity index is 1.45. The largest absolute Gasteiger partial charge is 0.493 e. The van der Waals surface area contributed by atoms with Gasteiger partial charge in [0.2, 0.25) is 5.91 Å². The van der Waals surface area contributed by atoms with Crippen molar-refractivity contribution in [1.29, 1.82) is 0 Å². The third kappa shape index (κ3) is 6.31. The summed E-state index contributed by atoms with van der Waals surface area (Å²) in [6.07, 6.45) is 0.888. The molecule has 1 heterocycles. The second-order valence-electron chi connectivity index (χ2n) is 7.17. The predicted octanol–water partition coefficient (Wildman–Crippen LogP) is 5.46. The number of ketones is 1. The number of halogens is 1. The summed E-state index contributed by atoms with van der Waals surface area (Å²) in [5.41, 5.74) is 2.48. The maximum atomic E-state index is 12.2. The summed E-state index contributed by atoms with van der Waals surface area (Å²) in [4.78, 5) is 29.4. The van der Waals surface area contributed by atoms with Crippen LogP contribution < -0.4 is 14.8 Å². The monoisotopic (exact) mass is 472 g/mol. The fourth-order valence-electron chi connectivity index (χ4n) is 3.09. The fraction of sp³-hybridized carbons (Fsp3) is 0.292. The molecular formula is C24H25ClN2O4S. The van der Waals surface area contributed by atoms with Gasteiger partial charge in [0.05, 0.1) is 26.0 Å². The second kappa shape index (κ2) is 11.1. The van der Waals surface area contributed by atoms with Gasteiger partial charge in [-0.05, 0) is 50.6 Å². The van der Waals surface area contributed by atoms with Crippen LogP contribution in [0, 0.1) is 6.92 Å². The average Bonchev–Trinajstić information content (AvgIpc) is 3.16. The van der Waals surface area contributed by atoms with Crippen LogP contribution in [0.4, 0.5) is 0 Å². The number of nitrogens with one attached hydrogen (secondary N) is 1. The van der Waals surface area contributed by atoms with Crippen LogP contribution in [0.2, 0.25) is 5.02 Å². The number of rotatable bonds is 10. The van der Waals surface area contributed by atoms with E-state index in [1.54, 1.807) is 29.5 Å². The molecule has 2 aromatic carbocycles. The highest BCUT2D eigenvalue weighted by molar-refractivity contribution is 7.12. The number of aromatic nitrogens is 1. The first-order valence-corrected chi connectivity index (χ1v) is 11.4. The van der Waals surface area contributed by atoms with Gasteiger partial charge in [-0.3, -0.25) is 9.59 Å². The van der Waals surface area contributed by atoms with E-state index < -0.39 is 0 Å². The normalized spacial score (nSPS) is 10.6. The summed E-state index contributed by atoms with van der Waals surface area (Å²) < 4.78 is 11.0. The van der Waals surface area contributed by atoms with Crippen molar-refractivity contribution in [1.82, 2.24) is 10.3 Å². The van der Waals surface area contributed by atoms with E-state index in [9.17, 15) is 9.59 Å². The number of methoxy groups -OCH3 is 1. The third-order valence-electron chi connectivity index (χ3n) is 4.77. The minimum Gasteiger partial charge on any atom is -0.493 e. The predicted molar refractivity (Wildman–Crippen MR) is 127 cm³/mol. The van der Waals surface area contributed by atoms with Crippen LogP contribution >= 0.6 is 22.9 Å². The molecular weight excluding hydrogens is 448 g/mol. The van der Waals surface area contributed by atoms with Crippen molar-refractivity contribution in [2.45, 2.75) is 33.2 Å². The number of ether oxygens (including phenoxy) is 2. The molecule has 0 atom stereocenters. The van der Waals surface area contributed by atoms with Gasteiger partial charge in [-0.2, -0.15) is 0 Å². The molecule has 1 N–H and O–H groups in total. The highest BCUT2D eigenvalue weighted by Gasteiger charge is 2.12. The van der Waals surface area contributed by atoms with E-state index in [1.165, 1.54) is 14.0 Å². The number of thiazole rings is 1. The zero-order chi connectivity index (χ0) is 23.1. The van der Waals surface area contributed by atoms with Crippen LogP contribution in [0.25, 0.3) is 11.3 Å². The molecule has 0 saturated carbocycles. The summed E-state index contributed by atoms with van der Waals surface area (Å²) >= 11 is 7.52. The van der Waals surface area contributed by atoms with Crippen LogP contribution in [-0.4, -0.2) is 30.4 Å². The zero-order valence-corrected chi connectivity index (χ0v) is 19.8. The molecule has 0 aliphatic rings. The molecule has 1 amide bonds. The molecule has 8 heteroatoms. The molecule has 168 valence electrons. The SMILES string of the molecule is COc1cc(C(C)=O)ccc1OCCCC(=O)NCc1nc(-c2ccc(Cl)cc2)c(C)s1. The Morgan fingerprint density at radius 2 is 1.88 bits per heavy atom. The Hall–Kier alpha value is -2.90. The first-order valence-electron chi connectivity index (χ1n) is 10.2. The quantitative estimate of drug-likeness (QED) is 0.313. The molecule has 3 aromatic rings. The van der Waals surface area contributed by atoms with Crippen molar-refractivity contribution in [3.63, 3.8) is 0 Å². The molecule has 3 rings (SSSR count). The summed E-state index contributed by atoms with van der Waals surface area (Å²) in [6.45, 7) is 4.26. The van der Waals surface area contributed by atoms with Gasteiger partial charge in [-0.25, -0.2) is 4.98 Å². The van der Waals surface area contributed by atoms with Crippen LogP contribution in [0.15, 0.2) is 42.5 Å². The van der Waals surface area contributed by atoms with Crippen molar-refractivity contribution in [3.05, 3.63) is 62.9 Å². The Kier molecular flexibility index (Phi) is 8.25. The lowest BCUT2D eigenvalue weighted by Gasteiger charge is -2.11. The molecule has 0 radical (unpaired) electrons. The first-order chi connectivity index (χ1) is 15.4. The van der Waals surface area contributed by atoms with Crippen molar-refractivity contribution in [2.75, 3.05) is 13.7 Å². The molecule has 32 heavy (non-hydrogen) atoms. The van der Waals surface area contributed by atoms with Crippen molar-refractivity contribution in [3.8, 4) is 22.8 Å². The number of benzene rings is 2. The van der Waals surface area contributed by atoms with E-state index in [1.807, 2.05) is 31.2 Å². The van der Waals surface area contributed by atoms with Crippen LogP contribution in [0.3, 0.4) is 0 Å². The number of hydrogen-bond donors (Lipinski definition) is 1. The Morgan fingerprint density at radius 1 is 1.12 bits per heavy atom. The van der Waals surface area contributed by atoms with Crippen molar-refractivity contribution >= 4 is 34.6 Å². The Bertz CT molecular complexity index is 1100. The standard InChI is InChI=1S/C24H25ClN2O4S/c1-15(28)18-8-11-20(21(13-18)30-3)31-12-4-5-22(29)26-14-23-27-24(16(2)32-23)17-6-9-19(25)10-7-17/h6-11,13H,4-5,12,14H2,1-3H3,(H,26,29). The fourth-order valence-corrected chi connectivity index (χ4v) is 4.11. The van der Waals surface area contributed by atoms with Crippen molar-refractivity contribution < 1.29 is 19.1 Å². The Labute approximate surface area is 196 Å². The zero-order valence-electron chi connectivity index (χ0n) is 18.2. The van der Waals surface area contributed by atoms with Crippen molar-refractivity contribution in [2.24, 2.45) is 0 Å². The van der Waals surface area contributed by atoms with Gasteiger partial charge in [0.15, 0.2) is 17.3 Å². The Morgan fingerprint density at radius 3 is 2.56 bits per heavy atom. The lowest BCUT2D eigenvalue weighted by Crippen LogP contribution is -2.22. The van der Waals surface area contributed by atoms with Gasteiger partial charge in [-0.1, -0.05) is 23.7 Å². The maximum Gasteiger partial charge on any atom is 0.220 e. The molecule has 1 aromatic heterocycles. The average molecular weight is 473 g/mol. The number of carbonyl (C=O) groups is 2. The van der Waals surface area contributed by atoms with E-state index in [0.29, 0.717) is 48.1 Å². The van der Waals surface area contributed by atoms with E-state index in [-0.39, 0.29) is 11.7 Å². The number of Topliss-reactive ketones (excluding diaryl/α,β-unsaturated/α-hetero) is 1. The summed E-state index contributed by atoms with van der Waals surface area (Å²) in [7, 11) is 1.53. The number of nitrogens with zero attached hydrogens (tertiary/aromatic N) is 1. The lowest BCUT2D eigenvalue weighted by molar-refractivity contribution is -0.121. The smallest absolute Gasteiger partial charge is 0.220 e. The highest BCUT2D eigenvalue weighted by atomic mass is 35.5. The number of aryl methyl sites for hydroxylation is 1. The summed E-state index contributed by atoms with van der Waals surface area (Å²) in [6, 6.07) is 12.6. The van der Waals surface area contributed by atoms with Crippen LogP contribution in [-0.2, 0) is 11.3 Å². The third-order valence-corrected chi connectivity index (χ3v) is 5.99. The van der Waals surface area contributed by atoms with E-state index in [2.05, 4.69) is 10.3 Å². The van der Waals surface area contributed by atoms with Crippen LogP contribution in [0.5, 0.6) is 11.5 Å². The molecule has 0 saturated heterocycles.